The van der Waals surface area contributed by atoms with E-state index in [0.717, 1.165) is 72.0 Å². The number of nitrogens with zero attached hydrogens (tertiary/aromatic N) is 3. The molecule has 0 radical (unpaired) electrons. The molecule has 0 N–H and O–H groups in total. The van der Waals surface area contributed by atoms with E-state index in [1.54, 1.807) is 0 Å². The van der Waals surface area contributed by atoms with Gasteiger partial charge < -0.3 is 4.42 Å². The molecule has 0 aliphatic heterocycles. The Labute approximate surface area is 306 Å². The lowest BCUT2D eigenvalue weighted by Crippen LogP contribution is -2.01. The highest BCUT2D eigenvalue weighted by Crippen LogP contribution is 2.41. The van der Waals surface area contributed by atoms with Crippen molar-refractivity contribution in [2.75, 3.05) is 0 Å². The number of benzene rings is 8. The van der Waals surface area contributed by atoms with Gasteiger partial charge in [-0.3, -0.25) is 0 Å². The fourth-order valence-electron chi connectivity index (χ4n) is 7.37. The Bertz CT molecular complexity index is 2940. The van der Waals surface area contributed by atoms with Crippen molar-refractivity contribution in [2.45, 2.75) is 0 Å². The second-order valence-corrected chi connectivity index (χ2v) is 13.2. The normalized spacial score (nSPS) is 11.4. The van der Waals surface area contributed by atoms with Crippen molar-refractivity contribution in [3.8, 4) is 67.5 Å². The zero-order valence-corrected chi connectivity index (χ0v) is 28.6. The second kappa shape index (κ2) is 12.9. The maximum atomic E-state index is 6.69. The van der Waals surface area contributed by atoms with Gasteiger partial charge in [0, 0.05) is 33.0 Å². The van der Waals surface area contributed by atoms with E-state index in [1.165, 1.54) is 10.8 Å². The molecule has 0 amide bonds. The summed E-state index contributed by atoms with van der Waals surface area (Å²) in [5.74, 6) is 1.81. The molecule has 0 aliphatic rings. The number of fused-ring (bicyclic) bond motifs is 4. The molecule has 2 aromatic heterocycles. The molecule has 0 fully saturated rings. The smallest absolute Gasteiger partial charge is 0.164 e. The van der Waals surface area contributed by atoms with Gasteiger partial charge in [-0.25, -0.2) is 15.0 Å². The van der Waals surface area contributed by atoms with Crippen LogP contribution in [0.2, 0.25) is 0 Å². The van der Waals surface area contributed by atoms with Gasteiger partial charge in [-0.05, 0) is 56.8 Å². The van der Waals surface area contributed by atoms with Crippen molar-refractivity contribution in [3.63, 3.8) is 0 Å². The topological polar surface area (TPSA) is 51.8 Å². The molecule has 8 aromatic carbocycles. The first-order valence-electron chi connectivity index (χ1n) is 17.8. The molecule has 10 aromatic rings. The van der Waals surface area contributed by atoms with Crippen molar-refractivity contribution in [3.05, 3.63) is 188 Å². The number of hydrogen-bond acceptors (Lipinski definition) is 4. The van der Waals surface area contributed by atoms with Crippen LogP contribution in [0.15, 0.2) is 192 Å². The Morgan fingerprint density at radius 3 is 1.66 bits per heavy atom. The molecule has 0 saturated heterocycles. The number of aromatic nitrogens is 3. The predicted molar refractivity (Wildman–Crippen MR) is 217 cm³/mol. The summed E-state index contributed by atoms with van der Waals surface area (Å²) in [5.41, 5.74) is 11.0. The molecule has 0 aliphatic carbocycles. The summed E-state index contributed by atoms with van der Waals surface area (Å²) in [5, 5.41) is 4.40. The Hall–Kier alpha value is -7.17. The SMILES string of the molecule is c1ccc(-c2nc(-c3ccc(-c4ccccc4)c(-c4ccccc4)c3)nc(-c3cccc4oc5c(-c6ccc7ccccc7c6)cccc5c34)n2)cc1. The van der Waals surface area contributed by atoms with Gasteiger partial charge in [0.1, 0.15) is 11.2 Å². The van der Waals surface area contributed by atoms with Crippen LogP contribution in [0.4, 0.5) is 0 Å². The summed E-state index contributed by atoms with van der Waals surface area (Å²) < 4.78 is 6.69. The van der Waals surface area contributed by atoms with Crippen LogP contribution in [-0.4, -0.2) is 15.0 Å². The minimum Gasteiger partial charge on any atom is -0.455 e. The third-order valence-corrected chi connectivity index (χ3v) is 9.94. The van der Waals surface area contributed by atoms with Crippen molar-refractivity contribution >= 4 is 32.7 Å². The molecule has 53 heavy (non-hydrogen) atoms. The van der Waals surface area contributed by atoms with Gasteiger partial charge in [-0.1, -0.05) is 170 Å². The Balaban J connectivity index is 1.18. The number of rotatable bonds is 6. The van der Waals surface area contributed by atoms with E-state index in [2.05, 4.69) is 133 Å². The van der Waals surface area contributed by atoms with Crippen molar-refractivity contribution in [1.29, 1.82) is 0 Å². The van der Waals surface area contributed by atoms with Crippen molar-refractivity contribution in [1.82, 2.24) is 15.0 Å². The number of para-hydroxylation sites is 1. The van der Waals surface area contributed by atoms with Crippen LogP contribution in [0.5, 0.6) is 0 Å². The molecule has 0 saturated carbocycles. The minimum atomic E-state index is 0.589. The van der Waals surface area contributed by atoms with E-state index in [1.807, 2.05) is 54.6 Å². The maximum Gasteiger partial charge on any atom is 0.164 e. The number of furan rings is 1. The van der Waals surface area contributed by atoms with Gasteiger partial charge in [-0.15, -0.1) is 0 Å². The molecule has 2 heterocycles. The third-order valence-electron chi connectivity index (χ3n) is 9.94. The summed E-state index contributed by atoms with van der Waals surface area (Å²) in [6.45, 7) is 0. The average Bonchev–Trinajstić information content (AvgIpc) is 3.63. The molecular weight excluding hydrogens is 647 g/mol. The van der Waals surface area contributed by atoms with E-state index in [9.17, 15) is 0 Å². The Morgan fingerprint density at radius 1 is 0.321 bits per heavy atom. The van der Waals surface area contributed by atoms with Crippen LogP contribution in [0, 0.1) is 0 Å². The van der Waals surface area contributed by atoms with Crippen LogP contribution in [0.3, 0.4) is 0 Å². The summed E-state index contributed by atoms with van der Waals surface area (Å²) >= 11 is 0. The lowest BCUT2D eigenvalue weighted by molar-refractivity contribution is 0.670. The lowest BCUT2D eigenvalue weighted by Gasteiger charge is -2.14. The van der Waals surface area contributed by atoms with Crippen molar-refractivity contribution < 1.29 is 4.42 Å². The summed E-state index contributed by atoms with van der Waals surface area (Å²) in [4.78, 5) is 15.5. The zero-order chi connectivity index (χ0) is 35.1. The molecule has 4 nitrogen and oxygen atoms in total. The van der Waals surface area contributed by atoms with Gasteiger partial charge in [0.15, 0.2) is 17.5 Å². The van der Waals surface area contributed by atoms with Gasteiger partial charge >= 0.3 is 0 Å². The average molecular weight is 678 g/mol. The van der Waals surface area contributed by atoms with E-state index < -0.39 is 0 Å². The first-order chi connectivity index (χ1) is 26.3. The van der Waals surface area contributed by atoms with E-state index in [0.29, 0.717) is 17.5 Å². The summed E-state index contributed by atoms with van der Waals surface area (Å²) in [6.07, 6.45) is 0. The molecule has 0 atom stereocenters. The van der Waals surface area contributed by atoms with Crippen LogP contribution in [-0.2, 0) is 0 Å². The molecule has 0 bridgehead atoms. The third kappa shape index (κ3) is 5.54. The zero-order valence-electron chi connectivity index (χ0n) is 28.6. The maximum absolute atomic E-state index is 6.69. The summed E-state index contributed by atoms with van der Waals surface area (Å²) in [6, 6.07) is 65.1. The number of hydrogen-bond donors (Lipinski definition) is 0. The fourth-order valence-corrected chi connectivity index (χ4v) is 7.37. The molecular formula is C49H31N3O. The van der Waals surface area contributed by atoms with Crippen LogP contribution in [0.1, 0.15) is 0 Å². The first-order valence-corrected chi connectivity index (χ1v) is 17.8. The summed E-state index contributed by atoms with van der Waals surface area (Å²) in [7, 11) is 0. The van der Waals surface area contributed by atoms with Gasteiger partial charge in [-0.2, -0.15) is 0 Å². The monoisotopic (exact) mass is 677 g/mol. The second-order valence-electron chi connectivity index (χ2n) is 13.2. The highest BCUT2D eigenvalue weighted by Gasteiger charge is 2.20. The fraction of sp³-hybridized carbons (Fsp3) is 0. The van der Waals surface area contributed by atoms with E-state index in [-0.39, 0.29) is 0 Å². The largest absolute Gasteiger partial charge is 0.455 e. The highest BCUT2D eigenvalue weighted by molar-refractivity contribution is 6.15. The molecule has 248 valence electrons. The Morgan fingerprint density at radius 2 is 0.906 bits per heavy atom. The standard InChI is InChI=1S/C49H31N3O/c1-4-15-33(16-5-1)39-29-28-38(31-43(39)34-17-6-2-7-18-34)48-50-47(35-19-8-3-9-20-35)51-49(52-48)42-24-13-25-44-45(42)41-23-12-22-40(46(41)53-44)37-27-26-32-14-10-11-21-36(32)30-37/h1-31H. The lowest BCUT2D eigenvalue weighted by atomic mass is 9.92. The first kappa shape index (κ1) is 30.6. The highest BCUT2D eigenvalue weighted by atomic mass is 16.3. The van der Waals surface area contributed by atoms with E-state index >= 15 is 0 Å². The van der Waals surface area contributed by atoms with Crippen molar-refractivity contribution in [2.24, 2.45) is 0 Å². The predicted octanol–water partition coefficient (Wildman–Crippen LogP) is 12.9. The van der Waals surface area contributed by atoms with E-state index in [4.69, 9.17) is 19.4 Å². The van der Waals surface area contributed by atoms with Crippen LogP contribution in [0.25, 0.3) is 100 Å². The Kier molecular flexibility index (Phi) is 7.43. The van der Waals surface area contributed by atoms with Gasteiger partial charge in [0.25, 0.3) is 0 Å². The molecule has 0 unspecified atom stereocenters. The van der Waals surface area contributed by atoms with Crippen LogP contribution >= 0.6 is 0 Å². The van der Waals surface area contributed by atoms with Gasteiger partial charge in [0.05, 0.1) is 0 Å². The molecule has 0 spiro atoms. The van der Waals surface area contributed by atoms with Crippen LogP contribution < -0.4 is 0 Å². The minimum absolute atomic E-state index is 0.589. The molecule has 10 rings (SSSR count). The quantitative estimate of drug-likeness (QED) is 0.176. The molecule has 4 heteroatoms. The van der Waals surface area contributed by atoms with Gasteiger partial charge in [0.2, 0.25) is 0 Å².